The number of nitrogens with one attached hydrogen (secondary N) is 1. The van der Waals surface area contributed by atoms with Gasteiger partial charge in [-0.05, 0) is 37.1 Å². The molecule has 152 valence electrons. The Labute approximate surface area is 172 Å². The van der Waals surface area contributed by atoms with Gasteiger partial charge < -0.3 is 15.0 Å². The molecule has 0 aliphatic heterocycles. The predicted molar refractivity (Wildman–Crippen MR) is 116 cm³/mol. The Bertz CT molecular complexity index is 885. The van der Waals surface area contributed by atoms with Gasteiger partial charge in [0.2, 0.25) is 0 Å². The van der Waals surface area contributed by atoms with Crippen molar-refractivity contribution in [2.24, 2.45) is 0 Å². The van der Waals surface area contributed by atoms with Crippen LogP contribution in [0.4, 0.5) is 5.69 Å². The highest BCUT2D eigenvalue weighted by Crippen LogP contribution is 2.23. The zero-order valence-corrected chi connectivity index (χ0v) is 17.1. The first-order valence-electron chi connectivity index (χ1n) is 10.1. The minimum Gasteiger partial charge on any atom is -0.496 e. The Kier molecular flexibility index (Phi) is 7.06. The van der Waals surface area contributed by atoms with E-state index in [1.54, 1.807) is 32.4 Å². The summed E-state index contributed by atoms with van der Waals surface area (Å²) in [6.45, 7) is 0. The van der Waals surface area contributed by atoms with Crippen LogP contribution in [0.25, 0.3) is 6.08 Å². The Morgan fingerprint density at radius 2 is 1.72 bits per heavy atom. The number of carbonyl (C=O) groups excluding carboxylic acids is 2. The van der Waals surface area contributed by atoms with Crippen LogP contribution in [0.1, 0.15) is 48.0 Å². The van der Waals surface area contributed by atoms with E-state index in [9.17, 15) is 9.59 Å². The maximum atomic E-state index is 12.8. The molecule has 0 heterocycles. The van der Waals surface area contributed by atoms with Crippen molar-refractivity contribution < 1.29 is 14.3 Å². The number of nitrogens with zero attached hydrogens (tertiary/aromatic N) is 1. The fraction of sp³-hybridized carbons (Fsp3) is 0.333. The van der Waals surface area contributed by atoms with Crippen LogP contribution in [0.15, 0.2) is 54.6 Å². The number of methoxy groups -OCH3 is 1. The van der Waals surface area contributed by atoms with Gasteiger partial charge in [0, 0.05) is 24.7 Å². The first kappa shape index (κ1) is 20.6. The second-order valence-corrected chi connectivity index (χ2v) is 7.30. The van der Waals surface area contributed by atoms with Crippen molar-refractivity contribution in [2.45, 2.75) is 38.1 Å². The van der Waals surface area contributed by atoms with Gasteiger partial charge in [0.15, 0.2) is 0 Å². The van der Waals surface area contributed by atoms with E-state index in [0.29, 0.717) is 17.0 Å². The van der Waals surface area contributed by atoms with Crippen molar-refractivity contribution >= 4 is 23.6 Å². The topological polar surface area (TPSA) is 58.6 Å². The average molecular weight is 392 g/mol. The van der Waals surface area contributed by atoms with E-state index in [4.69, 9.17) is 4.74 Å². The predicted octanol–water partition coefficient (Wildman–Crippen LogP) is 4.43. The van der Waals surface area contributed by atoms with Gasteiger partial charge in [-0.25, -0.2) is 0 Å². The fourth-order valence-corrected chi connectivity index (χ4v) is 3.66. The first-order valence-corrected chi connectivity index (χ1v) is 10.1. The molecule has 1 aliphatic rings. The molecule has 0 radical (unpaired) electrons. The number of benzene rings is 2. The van der Waals surface area contributed by atoms with Gasteiger partial charge in [0.25, 0.3) is 11.8 Å². The highest BCUT2D eigenvalue weighted by Gasteiger charge is 2.21. The summed E-state index contributed by atoms with van der Waals surface area (Å²) < 4.78 is 5.32. The highest BCUT2D eigenvalue weighted by atomic mass is 16.5. The zero-order chi connectivity index (χ0) is 20.6. The maximum Gasteiger partial charge on any atom is 0.253 e. The van der Waals surface area contributed by atoms with Crippen molar-refractivity contribution in [1.82, 2.24) is 5.32 Å². The summed E-state index contributed by atoms with van der Waals surface area (Å²) in [5, 5.41) is 3.13. The lowest BCUT2D eigenvalue weighted by atomic mass is 9.95. The van der Waals surface area contributed by atoms with E-state index in [1.165, 1.54) is 17.4 Å². The van der Waals surface area contributed by atoms with Gasteiger partial charge in [-0.3, -0.25) is 9.59 Å². The molecule has 1 N–H and O–H groups in total. The van der Waals surface area contributed by atoms with Crippen LogP contribution in [-0.2, 0) is 4.79 Å². The molecule has 0 saturated heterocycles. The number of hydrogen-bond donors (Lipinski definition) is 1. The molecule has 3 rings (SSSR count). The van der Waals surface area contributed by atoms with Crippen LogP contribution < -0.4 is 15.0 Å². The van der Waals surface area contributed by atoms with Crippen molar-refractivity contribution in [2.75, 3.05) is 19.1 Å². The lowest BCUT2D eigenvalue weighted by molar-refractivity contribution is -0.113. The third-order valence-corrected chi connectivity index (χ3v) is 5.33. The summed E-state index contributed by atoms with van der Waals surface area (Å²) >= 11 is 0. The van der Waals surface area contributed by atoms with E-state index in [2.05, 4.69) is 5.32 Å². The van der Waals surface area contributed by atoms with Crippen molar-refractivity contribution in [3.8, 4) is 5.75 Å². The van der Waals surface area contributed by atoms with Crippen LogP contribution in [0.3, 0.4) is 0 Å². The second kappa shape index (κ2) is 9.92. The Morgan fingerprint density at radius 1 is 1.03 bits per heavy atom. The molecule has 2 aromatic rings. The molecule has 0 spiro atoms. The molecule has 2 amide bonds. The number of amides is 2. The van der Waals surface area contributed by atoms with E-state index in [1.807, 2.05) is 36.4 Å². The molecule has 5 nitrogen and oxygen atoms in total. The van der Waals surface area contributed by atoms with Gasteiger partial charge in [0.05, 0.1) is 18.4 Å². The van der Waals surface area contributed by atoms with Crippen molar-refractivity contribution in [3.63, 3.8) is 0 Å². The van der Waals surface area contributed by atoms with Gasteiger partial charge in [-0.1, -0.05) is 49.6 Å². The third-order valence-electron chi connectivity index (χ3n) is 5.33. The van der Waals surface area contributed by atoms with Crippen LogP contribution in [0.5, 0.6) is 5.75 Å². The Morgan fingerprint density at radius 3 is 2.48 bits per heavy atom. The maximum absolute atomic E-state index is 12.8. The van der Waals surface area contributed by atoms with E-state index in [-0.39, 0.29) is 17.9 Å². The molecule has 5 heteroatoms. The number of para-hydroxylation sites is 2. The van der Waals surface area contributed by atoms with E-state index >= 15 is 0 Å². The molecule has 29 heavy (non-hydrogen) atoms. The standard InChI is InChI=1S/C24H28N2O3/c1-26(23(27)17-16-18-10-6-9-15-22(18)29-2)21-14-8-7-13-20(21)24(28)25-19-11-4-3-5-12-19/h6-10,13-17,19H,3-5,11-12H2,1-2H3,(H,25,28)/b17-16+. The molecular formula is C24H28N2O3. The van der Waals surface area contributed by atoms with Crippen LogP contribution in [0, 0.1) is 0 Å². The SMILES string of the molecule is COc1ccccc1/C=C/C(=O)N(C)c1ccccc1C(=O)NC1CCCCC1. The summed E-state index contributed by atoms with van der Waals surface area (Å²) in [4.78, 5) is 27.1. The fourth-order valence-electron chi connectivity index (χ4n) is 3.66. The van der Waals surface area contributed by atoms with Gasteiger partial charge in [-0.15, -0.1) is 0 Å². The zero-order valence-electron chi connectivity index (χ0n) is 17.1. The second-order valence-electron chi connectivity index (χ2n) is 7.30. The van der Waals surface area contributed by atoms with Gasteiger partial charge >= 0.3 is 0 Å². The Balaban J connectivity index is 1.74. The number of rotatable bonds is 6. The van der Waals surface area contributed by atoms with Crippen molar-refractivity contribution in [1.29, 1.82) is 0 Å². The molecule has 0 bridgehead atoms. The Hall–Kier alpha value is -3.08. The summed E-state index contributed by atoms with van der Waals surface area (Å²) in [7, 11) is 3.28. The van der Waals surface area contributed by atoms with Crippen LogP contribution >= 0.6 is 0 Å². The van der Waals surface area contributed by atoms with Gasteiger partial charge in [0.1, 0.15) is 5.75 Å². The molecule has 1 aliphatic carbocycles. The molecule has 0 aromatic heterocycles. The van der Waals surface area contributed by atoms with Crippen LogP contribution in [-0.4, -0.2) is 32.0 Å². The summed E-state index contributed by atoms with van der Waals surface area (Å²) in [5.74, 6) is 0.362. The number of carbonyl (C=O) groups is 2. The minimum absolute atomic E-state index is 0.124. The van der Waals surface area contributed by atoms with Crippen molar-refractivity contribution in [3.05, 3.63) is 65.7 Å². The van der Waals surface area contributed by atoms with E-state index < -0.39 is 0 Å². The molecule has 2 aromatic carbocycles. The monoisotopic (exact) mass is 392 g/mol. The summed E-state index contributed by atoms with van der Waals surface area (Å²) in [6.07, 6.45) is 8.79. The minimum atomic E-state index is -0.214. The molecule has 0 atom stereocenters. The normalized spacial score (nSPS) is 14.6. The lowest BCUT2D eigenvalue weighted by Crippen LogP contribution is -2.37. The average Bonchev–Trinajstić information content (AvgIpc) is 2.77. The van der Waals surface area contributed by atoms with E-state index in [0.717, 1.165) is 31.2 Å². The number of ether oxygens (including phenoxy) is 1. The summed E-state index contributed by atoms with van der Waals surface area (Å²) in [6, 6.07) is 14.9. The molecule has 1 saturated carbocycles. The molecule has 0 unspecified atom stereocenters. The largest absolute Gasteiger partial charge is 0.496 e. The van der Waals surface area contributed by atoms with Gasteiger partial charge in [-0.2, -0.15) is 0 Å². The first-order chi connectivity index (χ1) is 14.1. The quantitative estimate of drug-likeness (QED) is 0.740. The number of anilines is 1. The third kappa shape index (κ3) is 5.25. The highest BCUT2D eigenvalue weighted by molar-refractivity contribution is 6.08. The number of hydrogen-bond acceptors (Lipinski definition) is 3. The lowest BCUT2D eigenvalue weighted by Gasteiger charge is -2.24. The number of likely N-dealkylation sites (N-methyl/N-ethyl adjacent to an activating group) is 1. The summed E-state index contributed by atoms with van der Waals surface area (Å²) in [5.41, 5.74) is 1.93. The molecule has 1 fully saturated rings. The van der Waals surface area contributed by atoms with Crippen LogP contribution in [0.2, 0.25) is 0 Å². The smallest absolute Gasteiger partial charge is 0.253 e. The molecular weight excluding hydrogens is 364 g/mol.